The van der Waals surface area contributed by atoms with Gasteiger partial charge in [0.05, 0.1) is 12.3 Å². The molecule has 0 amide bonds. The Morgan fingerprint density at radius 2 is 1.80 bits per heavy atom. The Balaban J connectivity index is 1.96. The van der Waals surface area contributed by atoms with Gasteiger partial charge in [0.25, 0.3) is 0 Å². The fourth-order valence-electron chi connectivity index (χ4n) is 2.31. The highest BCUT2D eigenvalue weighted by molar-refractivity contribution is 6.04. The summed E-state index contributed by atoms with van der Waals surface area (Å²) in [6, 6.07) is 18.1. The number of nitrogens with zero attached hydrogens (tertiary/aromatic N) is 1. The molecule has 0 radical (unpaired) electrons. The Morgan fingerprint density at radius 3 is 2.65 bits per heavy atom. The molecule has 2 aromatic carbocycles. The zero-order valence-electron chi connectivity index (χ0n) is 11.2. The third kappa shape index (κ3) is 2.89. The maximum absolute atomic E-state index is 9.79. The summed E-state index contributed by atoms with van der Waals surface area (Å²) in [7, 11) is 0. The minimum atomic E-state index is -0.547. The fourth-order valence-corrected chi connectivity index (χ4v) is 2.31. The highest BCUT2D eigenvalue weighted by Gasteiger charge is 2.16. The number of hydrogen-bond acceptors (Lipinski definition) is 3. The first-order chi connectivity index (χ1) is 9.83. The van der Waals surface area contributed by atoms with Crippen molar-refractivity contribution < 1.29 is 9.84 Å². The van der Waals surface area contributed by atoms with Gasteiger partial charge in [-0.1, -0.05) is 42.5 Å². The molecular weight excluding hydrogens is 250 g/mol. The van der Waals surface area contributed by atoms with Gasteiger partial charge in [-0.3, -0.25) is 4.99 Å². The van der Waals surface area contributed by atoms with Gasteiger partial charge in [-0.2, -0.15) is 0 Å². The molecule has 20 heavy (non-hydrogen) atoms. The first-order valence-electron chi connectivity index (χ1n) is 6.80. The summed E-state index contributed by atoms with van der Waals surface area (Å²) >= 11 is 0. The molecule has 1 unspecified atom stereocenters. The minimum absolute atomic E-state index is 0.291. The van der Waals surface area contributed by atoms with E-state index in [4.69, 9.17) is 4.74 Å². The van der Waals surface area contributed by atoms with Crippen molar-refractivity contribution in [3.8, 4) is 5.75 Å². The molecule has 0 saturated carbocycles. The van der Waals surface area contributed by atoms with Crippen LogP contribution < -0.4 is 4.74 Å². The Bertz CT molecular complexity index is 607. The number of hydrogen-bond donors (Lipinski definition) is 1. The summed E-state index contributed by atoms with van der Waals surface area (Å²) in [5.41, 5.74) is 3.19. The average Bonchev–Trinajstić information content (AvgIpc) is 2.49. The molecule has 0 bridgehead atoms. The van der Waals surface area contributed by atoms with E-state index in [0.29, 0.717) is 13.2 Å². The number of aliphatic imine (C=N–C) groups is 1. The third-order valence-electron chi connectivity index (χ3n) is 3.34. The van der Waals surface area contributed by atoms with Crippen molar-refractivity contribution in [1.82, 2.24) is 0 Å². The molecule has 1 aliphatic rings. The van der Waals surface area contributed by atoms with Crippen LogP contribution in [0.2, 0.25) is 0 Å². The summed E-state index contributed by atoms with van der Waals surface area (Å²) in [4.78, 5) is 4.59. The molecule has 3 heteroatoms. The van der Waals surface area contributed by atoms with E-state index in [-0.39, 0.29) is 0 Å². The molecular formula is C17H17NO2. The number of ether oxygens (including phenoxy) is 1. The SMILES string of the molecule is OC1CN=C(Cc2ccccc2)c2ccccc2OC1. The van der Waals surface area contributed by atoms with Gasteiger partial charge < -0.3 is 9.84 Å². The van der Waals surface area contributed by atoms with Crippen LogP contribution in [0, 0.1) is 0 Å². The van der Waals surface area contributed by atoms with E-state index in [2.05, 4.69) is 17.1 Å². The molecule has 1 N–H and O–H groups in total. The van der Waals surface area contributed by atoms with Crippen LogP contribution in [0.4, 0.5) is 0 Å². The van der Waals surface area contributed by atoms with E-state index < -0.39 is 6.10 Å². The van der Waals surface area contributed by atoms with Crippen molar-refractivity contribution in [3.05, 3.63) is 65.7 Å². The van der Waals surface area contributed by atoms with Gasteiger partial charge in [0, 0.05) is 12.0 Å². The summed E-state index contributed by atoms with van der Waals surface area (Å²) < 4.78 is 5.68. The van der Waals surface area contributed by atoms with E-state index in [1.54, 1.807) is 0 Å². The number of para-hydroxylation sites is 1. The predicted molar refractivity (Wildman–Crippen MR) is 79.5 cm³/mol. The van der Waals surface area contributed by atoms with Crippen molar-refractivity contribution in [2.45, 2.75) is 12.5 Å². The normalized spacial score (nSPS) is 18.2. The van der Waals surface area contributed by atoms with Crippen LogP contribution >= 0.6 is 0 Å². The molecule has 0 fully saturated rings. The van der Waals surface area contributed by atoms with E-state index in [0.717, 1.165) is 23.4 Å². The highest BCUT2D eigenvalue weighted by Crippen LogP contribution is 2.22. The van der Waals surface area contributed by atoms with Gasteiger partial charge in [-0.25, -0.2) is 0 Å². The first-order valence-corrected chi connectivity index (χ1v) is 6.80. The molecule has 2 aromatic rings. The fraction of sp³-hybridized carbons (Fsp3) is 0.235. The molecule has 1 atom stereocenters. The van der Waals surface area contributed by atoms with Crippen molar-refractivity contribution in [2.75, 3.05) is 13.2 Å². The zero-order valence-corrected chi connectivity index (χ0v) is 11.2. The third-order valence-corrected chi connectivity index (χ3v) is 3.34. The standard InChI is InChI=1S/C17H17NO2/c19-14-11-18-16(10-13-6-2-1-3-7-13)15-8-4-5-9-17(15)20-12-14/h1-9,14,19H,10-12H2. The molecule has 0 aromatic heterocycles. The van der Waals surface area contributed by atoms with E-state index >= 15 is 0 Å². The summed E-state index contributed by atoms with van der Waals surface area (Å²) in [6.45, 7) is 0.676. The van der Waals surface area contributed by atoms with Crippen molar-refractivity contribution in [2.24, 2.45) is 4.99 Å². The molecule has 3 nitrogen and oxygen atoms in total. The van der Waals surface area contributed by atoms with Crippen LogP contribution in [0.5, 0.6) is 5.75 Å². The lowest BCUT2D eigenvalue weighted by Crippen LogP contribution is -2.25. The van der Waals surface area contributed by atoms with Crippen LogP contribution in [0.1, 0.15) is 11.1 Å². The Kier molecular flexibility index (Phi) is 3.79. The number of benzene rings is 2. The minimum Gasteiger partial charge on any atom is -0.490 e. The smallest absolute Gasteiger partial charge is 0.128 e. The van der Waals surface area contributed by atoms with Gasteiger partial charge in [-0.15, -0.1) is 0 Å². The quantitative estimate of drug-likeness (QED) is 0.908. The van der Waals surface area contributed by atoms with Crippen LogP contribution in [-0.2, 0) is 6.42 Å². The van der Waals surface area contributed by atoms with Gasteiger partial charge in [0.15, 0.2) is 0 Å². The van der Waals surface area contributed by atoms with E-state index in [1.165, 1.54) is 5.56 Å². The molecule has 0 spiro atoms. The van der Waals surface area contributed by atoms with Crippen LogP contribution in [-0.4, -0.2) is 30.1 Å². The van der Waals surface area contributed by atoms with Gasteiger partial charge >= 0.3 is 0 Å². The highest BCUT2D eigenvalue weighted by atomic mass is 16.5. The molecule has 0 saturated heterocycles. The number of rotatable bonds is 2. The topological polar surface area (TPSA) is 41.8 Å². The van der Waals surface area contributed by atoms with Gasteiger partial charge in [-0.05, 0) is 17.7 Å². The number of aliphatic hydroxyl groups excluding tert-OH is 1. The lowest BCUT2D eigenvalue weighted by Gasteiger charge is -2.19. The number of fused-ring (bicyclic) bond motifs is 1. The molecule has 1 heterocycles. The predicted octanol–water partition coefficient (Wildman–Crippen LogP) is 2.47. The Hall–Kier alpha value is -2.13. The monoisotopic (exact) mass is 267 g/mol. The summed E-state index contributed by atoms with van der Waals surface area (Å²) in [5, 5.41) is 9.79. The molecule has 0 aliphatic carbocycles. The second-order valence-corrected chi connectivity index (χ2v) is 4.91. The van der Waals surface area contributed by atoms with Crippen molar-refractivity contribution in [3.63, 3.8) is 0 Å². The Morgan fingerprint density at radius 1 is 1.05 bits per heavy atom. The number of aliphatic hydroxyl groups is 1. The lowest BCUT2D eigenvalue weighted by molar-refractivity contribution is 0.113. The molecule has 102 valence electrons. The first kappa shape index (κ1) is 12.9. The largest absolute Gasteiger partial charge is 0.490 e. The second kappa shape index (κ2) is 5.88. The average molecular weight is 267 g/mol. The summed E-state index contributed by atoms with van der Waals surface area (Å²) in [5.74, 6) is 0.793. The lowest BCUT2D eigenvalue weighted by atomic mass is 10.0. The van der Waals surface area contributed by atoms with Crippen LogP contribution in [0.25, 0.3) is 0 Å². The molecule has 1 aliphatic heterocycles. The van der Waals surface area contributed by atoms with E-state index in [9.17, 15) is 5.11 Å². The molecule has 3 rings (SSSR count). The van der Waals surface area contributed by atoms with Gasteiger partial charge in [0.1, 0.15) is 18.5 Å². The van der Waals surface area contributed by atoms with Gasteiger partial charge in [0.2, 0.25) is 0 Å². The van der Waals surface area contributed by atoms with Crippen LogP contribution in [0.3, 0.4) is 0 Å². The van der Waals surface area contributed by atoms with E-state index in [1.807, 2.05) is 42.5 Å². The maximum atomic E-state index is 9.79. The summed E-state index contributed by atoms with van der Waals surface area (Å²) in [6.07, 6.45) is 0.197. The van der Waals surface area contributed by atoms with Crippen molar-refractivity contribution >= 4 is 5.71 Å². The van der Waals surface area contributed by atoms with Crippen LogP contribution in [0.15, 0.2) is 59.6 Å². The second-order valence-electron chi connectivity index (χ2n) is 4.91. The van der Waals surface area contributed by atoms with Crippen molar-refractivity contribution in [1.29, 1.82) is 0 Å². The zero-order chi connectivity index (χ0) is 13.8. The Labute approximate surface area is 118 Å². The maximum Gasteiger partial charge on any atom is 0.128 e.